The lowest BCUT2D eigenvalue weighted by Gasteiger charge is -2.32. The number of halogens is 3. The molecule has 5 nitrogen and oxygen atoms in total. The van der Waals surface area contributed by atoms with Gasteiger partial charge in [0.15, 0.2) is 5.82 Å². The normalized spacial score (nSPS) is 15.6. The van der Waals surface area contributed by atoms with E-state index in [4.69, 9.17) is 11.6 Å². The van der Waals surface area contributed by atoms with Crippen molar-refractivity contribution in [2.24, 2.45) is 0 Å². The highest BCUT2D eigenvalue weighted by atomic mass is 35.5. The molecule has 0 aliphatic carbocycles. The molecular weight excluding hydrogens is 350 g/mol. The number of rotatable bonds is 4. The van der Waals surface area contributed by atoms with Crippen LogP contribution in [-0.4, -0.2) is 40.2 Å². The molecule has 0 spiro atoms. The Labute approximate surface area is 149 Å². The van der Waals surface area contributed by atoms with Crippen LogP contribution in [0.4, 0.5) is 19.4 Å². The van der Waals surface area contributed by atoms with Crippen LogP contribution in [0, 0.1) is 0 Å². The second-order valence-electron chi connectivity index (χ2n) is 6.06. The summed E-state index contributed by atoms with van der Waals surface area (Å²) in [5.74, 6) is 0.692. The molecule has 1 aromatic carbocycles. The Balaban J connectivity index is 1.51. The lowest BCUT2D eigenvalue weighted by molar-refractivity contribution is 0.122. The minimum Gasteiger partial charge on any atom is -0.324 e. The number of amides is 2. The molecule has 8 heteroatoms. The lowest BCUT2D eigenvalue weighted by Crippen LogP contribution is -2.40. The number of nitrogens with one attached hydrogen (secondary N) is 1. The van der Waals surface area contributed by atoms with Gasteiger partial charge in [-0.1, -0.05) is 23.7 Å². The van der Waals surface area contributed by atoms with E-state index in [9.17, 15) is 13.6 Å². The van der Waals surface area contributed by atoms with E-state index in [-0.39, 0.29) is 11.8 Å². The van der Waals surface area contributed by atoms with E-state index in [1.54, 1.807) is 4.90 Å². The molecule has 1 aromatic heterocycles. The van der Waals surface area contributed by atoms with Gasteiger partial charge in [-0.15, -0.1) is 0 Å². The van der Waals surface area contributed by atoms with Crippen LogP contribution >= 0.6 is 11.6 Å². The number of carbonyl (C=O) groups is 1. The lowest BCUT2D eigenvalue weighted by atomic mass is 9.90. The summed E-state index contributed by atoms with van der Waals surface area (Å²) < 4.78 is 25.8. The maximum absolute atomic E-state index is 12.3. The number of hydrogen-bond donors (Lipinski definition) is 1. The fourth-order valence-corrected chi connectivity index (χ4v) is 3.14. The van der Waals surface area contributed by atoms with Crippen molar-refractivity contribution >= 4 is 23.4 Å². The van der Waals surface area contributed by atoms with Crippen LogP contribution in [0.1, 0.15) is 24.3 Å². The third-order valence-corrected chi connectivity index (χ3v) is 4.58. The summed E-state index contributed by atoms with van der Waals surface area (Å²) in [5.41, 5.74) is 1.23. The largest absolute Gasteiger partial charge is 0.324 e. The number of anilines is 1. The van der Waals surface area contributed by atoms with Crippen LogP contribution in [-0.2, 0) is 6.54 Å². The van der Waals surface area contributed by atoms with Crippen LogP contribution in [0.3, 0.4) is 0 Å². The number of urea groups is 1. The Bertz CT molecular complexity index is 712. The van der Waals surface area contributed by atoms with Gasteiger partial charge in [0.05, 0.1) is 0 Å². The van der Waals surface area contributed by atoms with Crippen molar-refractivity contribution in [1.82, 2.24) is 14.7 Å². The summed E-state index contributed by atoms with van der Waals surface area (Å²) in [4.78, 5) is 14.0. The van der Waals surface area contributed by atoms with Crippen LogP contribution in [0.2, 0.25) is 5.02 Å². The van der Waals surface area contributed by atoms with Crippen molar-refractivity contribution in [1.29, 1.82) is 0 Å². The van der Waals surface area contributed by atoms with Crippen LogP contribution in [0.25, 0.3) is 0 Å². The summed E-state index contributed by atoms with van der Waals surface area (Å²) in [7, 11) is 0. The van der Waals surface area contributed by atoms with E-state index < -0.39 is 13.0 Å². The van der Waals surface area contributed by atoms with Crippen molar-refractivity contribution in [3.05, 3.63) is 47.1 Å². The predicted molar refractivity (Wildman–Crippen MR) is 92.2 cm³/mol. The maximum atomic E-state index is 12.3. The van der Waals surface area contributed by atoms with Gasteiger partial charge in [-0.05, 0) is 36.5 Å². The van der Waals surface area contributed by atoms with E-state index >= 15 is 0 Å². The van der Waals surface area contributed by atoms with Crippen LogP contribution in [0.5, 0.6) is 0 Å². The minimum absolute atomic E-state index is 0.253. The number of likely N-dealkylation sites (tertiary alicyclic amines) is 1. The zero-order valence-electron chi connectivity index (χ0n) is 13.5. The van der Waals surface area contributed by atoms with Gasteiger partial charge < -0.3 is 4.90 Å². The first kappa shape index (κ1) is 17.7. The first-order valence-electron chi connectivity index (χ1n) is 8.14. The minimum atomic E-state index is -2.48. The number of piperidine rings is 1. The molecule has 0 unspecified atom stereocenters. The second kappa shape index (κ2) is 7.82. The Hall–Kier alpha value is -2.15. The first-order chi connectivity index (χ1) is 12.0. The van der Waals surface area contributed by atoms with Gasteiger partial charge in [0.2, 0.25) is 0 Å². The van der Waals surface area contributed by atoms with Crippen molar-refractivity contribution in [3.63, 3.8) is 0 Å². The van der Waals surface area contributed by atoms with Gasteiger partial charge in [0.25, 0.3) is 6.43 Å². The van der Waals surface area contributed by atoms with Crippen molar-refractivity contribution in [3.8, 4) is 0 Å². The Morgan fingerprint density at radius 1 is 1.24 bits per heavy atom. The molecule has 2 aromatic rings. The van der Waals surface area contributed by atoms with Gasteiger partial charge in [-0.3, -0.25) is 10.00 Å². The number of nitrogens with zero attached hydrogens (tertiary/aromatic N) is 3. The van der Waals surface area contributed by atoms with E-state index in [0.29, 0.717) is 24.0 Å². The molecule has 3 rings (SSSR count). The van der Waals surface area contributed by atoms with E-state index in [0.717, 1.165) is 17.5 Å². The Morgan fingerprint density at radius 2 is 1.92 bits per heavy atom. The van der Waals surface area contributed by atoms with Gasteiger partial charge in [0.1, 0.15) is 6.54 Å². The van der Waals surface area contributed by atoms with Crippen molar-refractivity contribution < 1.29 is 13.6 Å². The number of benzene rings is 1. The third-order valence-electron chi connectivity index (χ3n) is 4.32. The zero-order valence-corrected chi connectivity index (χ0v) is 14.3. The molecule has 134 valence electrons. The summed E-state index contributed by atoms with van der Waals surface area (Å²) >= 11 is 5.91. The molecule has 2 heterocycles. The van der Waals surface area contributed by atoms with E-state index in [1.165, 1.54) is 17.8 Å². The zero-order chi connectivity index (χ0) is 17.8. The molecule has 1 fully saturated rings. The number of alkyl halides is 2. The quantitative estimate of drug-likeness (QED) is 0.878. The number of carbonyl (C=O) groups excluding carboxylic acids is 1. The summed E-state index contributed by atoms with van der Waals surface area (Å²) in [5, 5.41) is 7.30. The molecule has 0 bridgehead atoms. The smallest absolute Gasteiger partial charge is 0.323 e. The van der Waals surface area contributed by atoms with Crippen molar-refractivity contribution in [2.75, 3.05) is 18.4 Å². The predicted octanol–water partition coefficient (Wildman–Crippen LogP) is 4.21. The number of hydrogen-bond acceptors (Lipinski definition) is 2. The molecule has 0 radical (unpaired) electrons. The van der Waals surface area contributed by atoms with Gasteiger partial charge in [-0.25, -0.2) is 13.6 Å². The topological polar surface area (TPSA) is 50.2 Å². The van der Waals surface area contributed by atoms with Crippen LogP contribution < -0.4 is 5.32 Å². The molecule has 0 saturated carbocycles. The molecular formula is C17H19ClF2N4O. The third kappa shape index (κ3) is 4.69. The molecule has 2 amide bonds. The highest BCUT2D eigenvalue weighted by Gasteiger charge is 2.24. The highest BCUT2D eigenvalue weighted by Crippen LogP contribution is 2.29. The monoisotopic (exact) mass is 368 g/mol. The SMILES string of the molecule is O=C(Nc1ccn(CC(F)F)n1)N1CCC(c2ccc(Cl)cc2)CC1. The number of aromatic nitrogens is 2. The molecule has 0 atom stereocenters. The Kier molecular flexibility index (Phi) is 5.53. The van der Waals surface area contributed by atoms with Crippen LogP contribution in [0.15, 0.2) is 36.5 Å². The molecule has 25 heavy (non-hydrogen) atoms. The van der Waals surface area contributed by atoms with E-state index in [2.05, 4.69) is 10.4 Å². The molecule has 1 N–H and O–H groups in total. The Morgan fingerprint density at radius 3 is 2.56 bits per heavy atom. The summed E-state index contributed by atoms with van der Waals surface area (Å²) in [6.45, 7) is 0.788. The average molecular weight is 369 g/mol. The van der Waals surface area contributed by atoms with Gasteiger partial charge in [-0.2, -0.15) is 5.10 Å². The van der Waals surface area contributed by atoms with Gasteiger partial charge >= 0.3 is 6.03 Å². The maximum Gasteiger partial charge on any atom is 0.323 e. The highest BCUT2D eigenvalue weighted by molar-refractivity contribution is 6.30. The summed E-state index contributed by atoms with van der Waals surface area (Å²) in [6.07, 6.45) is 0.688. The second-order valence-corrected chi connectivity index (χ2v) is 6.49. The van der Waals surface area contributed by atoms with Crippen molar-refractivity contribution in [2.45, 2.75) is 31.7 Å². The fraction of sp³-hybridized carbons (Fsp3) is 0.412. The van der Waals surface area contributed by atoms with E-state index in [1.807, 2.05) is 24.3 Å². The molecule has 1 aliphatic heterocycles. The molecule has 1 aliphatic rings. The standard InChI is InChI=1S/C17H19ClF2N4O/c18-14-3-1-12(2-4-14)13-5-8-23(9-6-13)17(25)21-16-7-10-24(22-16)11-15(19)20/h1-4,7,10,13,15H,5-6,8-9,11H2,(H,21,22,25). The fourth-order valence-electron chi connectivity index (χ4n) is 3.01. The van der Waals surface area contributed by atoms with Gasteiger partial charge in [0, 0.05) is 30.4 Å². The average Bonchev–Trinajstić information content (AvgIpc) is 3.02. The molecule has 1 saturated heterocycles. The first-order valence-corrected chi connectivity index (χ1v) is 8.52. The summed E-state index contributed by atoms with van der Waals surface area (Å²) in [6, 6.07) is 9.08.